The molecule has 1 aliphatic heterocycles. The average Bonchev–Trinajstić information content (AvgIpc) is 2.80. The van der Waals surface area contributed by atoms with Gasteiger partial charge < -0.3 is 9.47 Å². The standard InChI is InChI=1S/C17H25BrO3Si/c1-6-7-12-15(18)11(2)13-10-21-17(19)14(13)16(12)20-8-9-22(3,4)5/h6-10H2,1-5H3. The Morgan fingerprint density at radius 3 is 2.59 bits per heavy atom. The highest BCUT2D eigenvalue weighted by Gasteiger charge is 2.32. The second-order valence-corrected chi connectivity index (χ2v) is 13.5. The van der Waals surface area contributed by atoms with E-state index in [4.69, 9.17) is 9.47 Å². The van der Waals surface area contributed by atoms with Crippen molar-refractivity contribution in [2.45, 2.75) is 59.0 Å². The summed E-state index contributed by atoms with van der Waals surface area (Å²) < 4.78 is 12.4. The minimum atomic E-state index is -1.17. The molecule has 0 fully saturated rings. The molecule has 0 saturated heterocycles. The molecule has 22 heavy (non-hydrogen) atoms. The maximum absolute atomic E-state index is 12.2. The average molecular weight is 385 g/mol. The summed E-state index contributed by atoms with van der Waals surface area (Å²) in [5, 5.41) is 0. The van der Waals surface area contributed by atoms with Crippen LogP contribution < -0.4 is 4.74 Å². The zero-order chi connectivity index (χ0) is 16.5. The van der Waals surface area contributed by atoms with Crippen molar-refractivity contribution in [3.8, 4) is 5.75 Å². The van der Waals surface area contributed by atoms with Gasteiger partial charge in [0.1, 0.15) is 17.9 Å². The third kappa shape index (κ3) is 3.57. The lowest BCUT2D eigenvalue weighted by Gasteiger charge is -2.20. The third-order valence-corrected chi connectivity index (χ3v) is 6.78. The zero-order valence-electron chi connectivity index (χ0n) is 14.1. The van der Waals surface area contributed by atoms with Gasteiger partial charge in [-0.2, -0.15) is 0 Å². The highest BCUT2D eigenvalue weighted by molar-refractivity contribution is 9.10. The third-order valence-electron chi connectivity index (χ3n) is 4.00. The molecule has 1 aliphatic rings. The van der Waals surface area contributed by atoms with Crippen LogP contribution in [0.3, 0.4) is 0 Å². The van der Waals surface area contributed by atoms with Crippen molar-refractivity contribution in [2.75, 3.05) is 6.61 Å². The lowest BCUT2D eigenvalue weighted by Crippen LogP contribution is -2.23. The Balaban J connectivity index is 2.43. The molecule has 0 saturated carbocycles. The first-order valence-corrected chi connectivity index (χ1v) is 12.4. The van der Waals surface area contributed by atoms with E-state index in [1.807, 2.05) is 6.92 Å². The van der Waals surface area contributed by atoms with E-state index in [1.165, 1.54) is 0 Å². The predicted molar refractivity (Wildman–Crippen MR) is 95.6 cm³/mol. The molecule has 0 bridgehead atoms. The number of hydrogen-bond donors (Lipinski definition) is 0. The molecule has 1 heterocycles. The van der Waals surface area contributed by atoms with Gasteiger partial charge in [0, 0.05) is 23.7 Å². The second-order valence-electron chi connectivity index (χ2n) is 7.09. The molecule has 2 rings (SSSR count). The van der Waals surface area contributed by atoms with Crippen molar-refractivity contribution in [3.05, 3.63) is 26.7 Å². The predicted octanol–water partition coefficient (Wildman–Crippen LogP) is 5.10. The van der Waals surface area contributed by atoms with Crippen LogP contribution in [0, 0.1) is 6.92 Å². The van der Waals surface area contributed by atoms with Crippen molar-refractivity contribution in [3.63, 3.8) is 0 Å². The minimum absolute atomic E-state index is 0.244. The van der Waals surface area contributed by atoms with Gasteiger partial charge in [0.15, 0.2) is 0 Å². The lowest BCUT2D eigenvalue weighted by molar-refractivity contribution is 0.0532. The van der Waals surface area contributed by atoms with E-state index in [0.29, 0.717) is 18.8 Å². The Labute approximate surface area is 142 Å². The van der Waals surface area contributed by atoms with Gasteiger partial charge in [-0.15, -0.1) is 0 Å². The Kier molecular flexibility index (Phi) is 5.38. The molecule has 1 aromatic rings. The van der Waals surface area contributed by atoms with Crippen LogP contribution in [0.4, 0.5) is 0 Å². The van der Waals surface area contributed by atoms with E-state index in [2.05, 4.69) is 42.5 Å². The second kappa shape index (κ2) is 6.75. The number of carbonyl (C=O) groups is 1. The van der Waals surface area contributed by atoms with Crippen LogP contribution in [-0.4, -0.2) is 20.7 Å². The fourth-order valence-corrected chi connectivity index (χ4v) is 3.96. The van der Waals surface area contributed by atoms with Crippen molar-refractivity contribution < 1.29 is 14.3 Å². The van der Waals surface area contributed by atoms with Gasteiger partial charge in [0.05, 0.1) is 6.61 Å². The molecular weight excluding hydrogens is 360 g/mol. The Bertz CT molecular complexity index is 591. The van der Waals surface area contributed by atoms with Crippen LogP contribution in [0.15, 0.2) is 4.47 Å². The van der Waals surface area contributed by atoms with Crippen molar-refractivity contribution in [1.82, 2.24) is 0 Å². The zero-order valence-corrected chi connectivity index (χ0v) is 16.7. The largest absolute Gasteiger partial charge is 0.493 e. The summed E-state index contributed by atoms with van der Waals surface area (Å²) in [6.07, 6.45) is 1.90. The molecule has 0 aliphatic carbocycles. The van der Waals surface area contributed by atoms with E-state index in [9.17, 15) is 4.79 Å². The van der Waals surface area contributed by atoms with E-state index in [-0.39, 0.29) is 5.97 Å². The summed E-state index contributed by atoms with van der Waals surface area (Å²) in [7, 11) is -1.17. The molecule has 0 radical (unpaired) electrons. The van der Waals surface area contributed by atoms with Crippen molar-refractivity contribution >= 4 is 30.0 Å². The Morgan fingerprint density at radius 1 is 1.32 bits per heavy atom. The molecule has 122 valence electrons. The summed E-state index contributed by atoms with van der Waals surface area (Å²) in [6.45, 7) is 12.2. The number of rotatable bonds is 6. The number of benzene rings is 1. The van der Waals surface area contributed by atoms with Gasteiger partial charge in [0.25, 0.3) is 0 Å². The summed E-state index contributed by atoms with van der Waals surface area (Å²) in [4.78, 5) is 12.2. The van der Waals surface area contributed by atoms with Gasteiger partial charge in [-0.25, -0.2) is 4.79 Å². The van der Waals surface area contributed by atoms with Gasteiger partial charge in [-0.1, -0.05) is 48.9 Å². The van der Waals surface area contributed by atoms with Crippen LogP contribution in [0.25, 0.3) is 0 Å². The summed E-state index contributed by atoms with van der Waals surface area (Å²) in [5.74, 6) is 0.501. The summed E-state index contributed by atoms with van der Waals surface area (Å²) in [5.41, 5.74) is 3.83. The maximum atomic E-state index is 12.2. The topological polar surface area (TPSA) is 35.5 Å². The SMILES string of the molecule is CCCc1c(Br)c(C)c2c(c1OCC[Si](C)(C)C)C(=O)OC2. The van der Waals surface area contributed by atoms with E-state index < -0.39 is 8.07 Å². The molecule has 0 N–H and O–H groups in total. The van der Waals surface area contributed by atoms with E-state index in [0.717, 1.165) is 45.8 Å². The van der Waals surface area contributed by atoms with Crippen LogP contribution in [0.5, 0.6) is 5.75 Å². The smallest absolute Gasteiger partial charge is 0.342 e. The molecule has 3 nitrogen and oxygen atoms in total. The van der Waals surface area contributed by atoms with Gasteiger partial charge in [0.2, 0.25) is 0 Å². The van der Waals surface area contributed by atoms with Gasteiger partial charge in [-0.05, 0) is 25.0 Å². The minimum Gasteiger partial charge on any atom is -0.493 e. The van der Waals surface area contributed by atoms with E-state index in [1.54, 1.807) is 0 Å². The molecule has 5 heteroatoms. The molecule has 0 amide bonds. The quantitative estimate of drug-likeness (QED) is 0.505. The Morgan fingerprint density at radius 2 is 2.00 bits per heavy atom. The van der Waals surface area contributed by atoms with Crippen molar-refractivity contribution in [2.24, 2.45) is 0 Å². The van der Waals surface area contributed by atoms with Crippen LogP contribution in [-0.2, 0) is 17.8 Å². The molecule has 1 aromatic carbocycles. The first kappa shape index (κ1) is 17.5. The summed E-state index contributed by atoms with van der Waals surface area (Å²) in [6, 6.07) is 1.08. The maximum Gasteiger partial charge on any atom is 0.342 e. The number of fused-ring (bicyclic) bond motifs is 1. The van der Waals surface area contributed by atoms with Gasteiger partial charge >= 0.3 is 5.97 Å². The number of halogens is 1. The van der Waals surface area contributed by atoms with Crippen LogP contribution in [0.2, 0.25) is 25.7 Å². The fourth-order valence-electron chi connectivity index (χ4n) is 2.63. The Hall–Kier alpha value is -0.813. The van der Waals surface area contributed by atoms with Crippen LogP contribution in [0.1, 0.15) is 40.4 Å². The fraction of sp³-hybridized carbons (Fsp3) is 0.588. The highest BCUT2D eigenvalue weighted by atomic mass is 79.9. The first-order valence-electron chi connectivity index (χ1n) is 7.90. The number of cyclic esters (lactones) is 1. The molecule has 0 aromatic heterocycles. The first-order chi connectivity index (χ1) is 10.3. The monoisotopic (exact) mass is 384 g/mol. The molecule has 0 atom stereocenters. The highest BCUT2D eigenvalue weighted by Crippen LogP contribution is 2.41. The van der Waals surface area contributed by atoms with Crippen LogP contribution >= 0.6 is 15.9 Å². The number of esters is 1. The van der Waals surface area contributed by atoms with Gasteiger partial charge in [-0.3, -0.25) is 0 Å². The number of ether oxygens (including phenoxy) is 2. The molecular formula is C17H25BrO3Si. The number of carbonyl (C=O) groups excluding carboxylic acids is 1. The van der Waals surface area contributed by atoms with Crippen molar-refractivity contribution in [1.29, 1.82) is 0 Å². The lowest BCUT2D eigenvalue weighted by atomic mass is 9.96. The molecule has 0 unspecified atom stereocenters. The number of hydrogen-bond acceptors (Lipinski definition) is 3. The summed E-state index contributed by atoms with van der Waals surface area (Å²) >= 11 is 3.70. The normalized spacial score (nSPS) is 14.0. The van der Waals surface area contributed by atoms with E-state index >= 15 is 0 Å². The molecule has 0 spiro atoms.